The number of benzene rings is 1. The lowest BCUT2D eigenvalue weighted by Gasteiger charge is -2.19. The Labute approximate surface area is 107 Å². The quantitative estimate of drug-likeness (QED) is 0.846. The Morgan fingerprint density at radius 3 is 2.65 bits per heavy atom. The largest absolute Gasteiger partial charge is 0.481 e. The summed E-state index contributed by atoms with van der Waals surface area (Å²) in [6, 6.07) is 5.61. The van der Waals surface area contributed by atoms with Crippen molar-refractivity contribution >= 4 is 23.3 Å². The fourth-order valence-corrected chi connectivity index (χ4v) is 1.67. The summed E-state index contributed by atoms with van der Waals surface area (Å²) in [6.45, 7) is 6.05. The number of halogens is 1. The van der Waals surface area contributed by atoms with Gasteiger partial charge in [-0.05, 0) is 51.0 Å². The van der Waals surface area contributed by atoms with Crippen molar-refractivity contribution in [1.82, 2.24) is 0 Å². The molecular formula is C13H18ClNO2. The van der Waals surface area contributed by atoms with Gasteiger partial charge in [0.05, 0.1) is 5.41 Å². The lowest BCUT2D eigenvalue weighted by Crippen LogP contribution is -2.26. The second-order valence-electron chi connectivity index (χ2n) is 4.83. The first-order valence-corrected chi connectivity index (χ1v) is 5.94. The Morgan fingerprint density at radius 2 is 2.12 bits per heavy atom. The van der Waals surface area contributed by atoms with E-state index in [1.807, 2.05) is 25.1 Å². The predicted octanol–water partition coefficient (Wildman–Crippen LogP) is 3.56. The highest BCUT2D eigenvalue weighted by Gasteiger charge is 2.26. The van der Waals surface area contributed by atoms with E-state index in [0.29, 0.717) is 18.0 Å². The van der Waals surface area contributed by atoms with Crippen LogP contribution >= 0.6 is 11.6 Å². The van der Waals surface area contributed by atoms with E-state index in [1.54, 1.807) is 13.8 Å². The minimum absolute atomic E-state index is 0.574. The van der Waals surface area contributed by atoms with Crippen LogP contribution in [0.25, 0.3) is 0 Å². The van der Waals surface area contributed by atoms with Gasteiger partial charge in [-0.2, -0.15) is 0 Å². The second-order valence-corrected chi connectivity index (χ2v) is 5.26. The van der Waals surface area contributed by atoms with Crippen molar-refractivity contribution in [2.45, 2.75) is 27.2 Å². The topological polar surface area (TPSA) is 49.3 Å². The van der Waals surface area contributed by atoms with Crippen LogP contribution in [-0.4, -0.2) is 17.6 Å². The molecule has 4 heteroatoms. The number of rotatable bonds is 5. The van der Waals surface area contributed by atoms with Gasteiger partial charge >= 0.3 is 5.97 Å². The van der Waals surface area contributed by atoms with Crippen LogP contribution in [0.4, 0.5) is 5.69 Å². The summed E-state index contributed by atoms with van der Waals surface area (Å²) >= 11 is 5.86. The van der Waals surface area contributed by atoms with Crippen LogP contribution in [-0.2, 0) is 4.79 Å². The zero-order valence-electron chi connectivity index (χ0n) is 10.4. The number of nitrogens with one attached hydrogen (secondary N) is 1. The molecule has 0 saturated heterocycles. The summed E-state index contributed by atoms with van der Waals surface area (Å²) in [6.07, 6.45) is 0.574. The summed E-state index contributed by atoms with van der Waals surface area (Å²) in [7, 11) is 0. The molecular weight excluding hydrogens is 238 g/mol. The van der Waals surface area contributed by atoms with Crippen molar-refractivity contribution in [3.05, 3.63) is 28.8 Å². The summed E-state index contributed by atoms with van der Waals surface area (Å²) < 4.78 is 0. The highest BCUT2D eigenvalue weighted by molar-refractivity contribution is 6.30. The molecule has 0 fully saturated rings. The number of hydrogen-bond donors (Lipinski definition) is 2. The molecule has 0 bridgehead atoms. The molecule has 0 saturated carbocycles. The molecule has 0 aromatic heterocycles. The van der Waals surface area contributed by atoms with E-state index in [4.69, 9.17) is 16.7 Å². The first-order chi connectivity index (χ1) is 7.83. The van der Waals surface area contributed by atoms with Gasteiger partial charge in [-0.3, -0.25) is 4.79 Å². The zero-order valence-corrected chi connectivity index (χ0v) is 11.1. The van der Waals surface area contributed by atoms with Crippen molar-refractivity contribution < 1.29 is 9.90 Å². The lowest BCUT2D eigenvalue weighted by atomic mass is 9.89. The third kappa shape index (κ3) is 3.93. The van der Waals surface area contributed by atoms with Gasteiger partial charge < -0.3 is 10.4 Å². The molecule has 1 aromatic carbocycles. The molecule has 0 amide bonds. The van der Waals surface area contributed by atoms with Gasteiger partial charge in [-0.25, -0.2) is 0 Å². The Hall–Kier alpha value is -1.22. The van der Waals surface area contributed by atoms with E-state index in [-0.39, 0.29) is 0 Å². The molecule has 0 radical (unpaired) electrons. The van der Waals surface area contributed by atoms with Crippen LogP contribution in [0, 0.1) is 12.3 Å². The van der Waals surface area contributed by atoms with Crippen LogP contribution in [0.1, 0.15) is 25.8 Å². The predicted molar refractivity (Wildman–Crippen MR) is 70.7 cm³/mol. The average molecular weight is 256 g/mol. The molecule has 0 unspecified atom stereocenters. The van der Waals surface area contributed by atoms with Crippen LogP contribution in [0.15, 0.2) is 18.2 Å². The molecule has 17 heavy (non-hydrogen) atoms. The minimum atomic E-state index is -0.771. The maximum Gasteiger partial charge on any atom is 0.309 e. The Morgan fingerprint density at radius 1 is 1.47 bits per heavy atom. The first kappa shape index (κ1) is 13.8. The van der Waals surface area contributed by atoms with Crippen molar-refractivity contribution in [3.8, 4) is 0 Å². The number of anilines is 1. The molecule has 0 aliphatic heterocycles. The van der Waals surface area contributed by atoms with Crippen LogP contribution in [0.5, 0.6) is 0 Å². The van der Waals surface area contributed by atoms with E-state index in [9.17, 15) is 4.79 Å². The van der Waals surface area contributed by atoms with Gasteiger partial charge in [-0.15, -0.1) is 0 Å². The van der Waals surface area contributed by atoms with Crippen LogP contribution in [0.3, 0.4) is 0 Å². The van der Waals surface area contributed by atoms with Gasteiger partial charge in [0, 0.05) is 17.3 Å². The monoisotopic (exact) mass is 255 g/mol. The first-order valence-electron chi connectivity index (χ1n) is 5.56. The number of hydrogen-bond acceptors (Lipinski definition) is 2. The molecule has 94 valence electrons. The van der Waals surface area contributed by atoms with E-state index >= 15 is 0 Å². The highest BCUT2D eigenvalue weighted by Crippen LogP contribution is 2.23. The summed E-state index contributed by atoms with van der Waals surface area (Å²) in [5, 5.41) is 12.9. The van der Waals surface area contributed by atoms with Crippen molar-refractivity contribution in [3.63, 3.8) is 0 Å². The third-order valence-electron chi connectivity index (χ3n) is 2.83. The fraction of sp³-hybridized carbons (Fsp3) is 0.462. The number of aryl methyl sites for hydroxylation is 1. The lowest BCUT2D eigenvalue weighted by molar-refractivity contribution is -0.147. The molecule has 0 aliphatic carbocycles. The number of carboxylic acid groups (broad SMARTS) is 1. The summed E-state index contributed by atoms with van der Waals surface area (Å²) in [5.41, 5.74) is 1.36. The van der Waals surface area contributed by atoms with E-state index in [1.165, 1.54) is 0 Å². The maximum absolute atomic E-state index is 10.9. The average Bonchev–Trinajstić information content (AvgIpc) is 2.21. The van der Waals surface area contributed by atoms with Crippen molar-refractivity contribution in [1.29, 1.82) is 0 Å². The van der Waals surface area contributed by atoms with Crippen molar-refractivity contribution in [2.75, 3.05) is 11.9 Å². The molecule has 0 heterocycles. The second kappa shape index (κ2) is 5.41. The number of aliphatic carboxylic acids is 1. The van der Waals surface area contributed by atoms with Crippen molar-refractivity contribution in [2.24, 2.45) is 5.41 Å². The Bertz CT molecular complexity index is 416. The molecule has 3 nitrogen and oxygen atoms in total. The molecule has 2 N–H and O–H groups in total. The van der Waals surface area contributed by atoms with E-state index < -0.39 is 11.4 Å². The Kier molecular flexibility index (Phi) is 4.40. The normalized spacial score (nSPS) is 11.3. The molecule has 0 spiro atoms. The van der Waals surface area contributed by atoms with Gasteiger partial charge in [0.25, 0.3) is 0 Å². The SMILES string of the molecule is Cc1cc(Cl)ccc1NCCC(C)(C)C(=O)O. The van der Waals surface area contributed by atoms with Gasteiger partial charge in [-0.1, -0.05) is 11.6 Å². The number of carboxylic acids is 1. The summed E-state index contributed by atoms with van der Waals surface area (Å²) in [5.74, 6) is -0.771. The Balaban J connectivity index is 2.54. The van der Waals surface area contributed by atoms with Gasteiger partial charge in [0.2, 0.25) is 0 Å². The molecule has 0 atom stereocenters. The van der Waals surface area contributed by atoms with E-state index in [2.05, 4.69) is 5.32 Å². The smallest absolute Gasteiger partial charge is 0.309 e. The molecule has 1 rings (SSSR count). The fourth-order valence-electron chi connectivity index (χ4n) is 1.44. The maximum atomic E-state index is 10.9. The molecule has 1 aromatic rings. The number of carbonyl (C=O) groups is 1. The van der Waals surface area contributed by atoms with Crippen LogP contribution < -0.4 is 5.32 Å². The van der Waals surface area contributed by atoms with E-state index in [0.717, 1.165) is 11.3 Å². The minimum Gasteiger partial charge on any atom is -0.481 e. The standard InChI is InChI=1S/C13H18ClNO2/c1-9-8-10(14)4-5-11(9)15-7-6-13(2,3)12(16)17/h4-5,8,15H,6-7H2,1-3H3,(H,16,17). The van der Waals surface area contributed by atoms with Gasteiger partial charge in [0.1, 0.15) is 0 Å². The zero-order chi connectivity index (χ0) is 13.1. The van der Waals surface area contributed by atoms with Crippen LogP contribution in [0.2, 0.25) is 5.02 Å². The molecule has 0 aliphatic rings. The summed E-state index contributed by atoms with van der Waals surface area (Å²) in [4.78, 5) is 10.9. The third-order valence-corrected chi connectivity index (χ3v) is 3.07. The van der Waals surface area contributed by atoms with Gasteiger partial charge in [0.15, 0.2) is 0 Å². The highest BCUT2D eigenvalue weighted by atomic mass is 35.5.